The minimum atomic E-state index is 0.233. The van der Waals surface area contributed by atoms with Gasteiger partial charge in [0, 0.05) is 45.2 Å². The molecule has 1 aliphatic carbocycles. The fourth-order valence-electron chi connectivity index (χ4n) is 1.86. The first-order valence-electron chi connectivity index (χ1n) is 5.94. The van der Waals surface area contributed by atoms with Gasteiger partial charge in [0.25, 0.3) is 0 Å². The number of hydrogen-bond donors (Lipinski definition) is 1. The molecular weight excluding hydrogens is 190 g/mol. The van der Waals surface area contributed by atoms with E-state index in [0.29, 0.717) is 12.5 Å². The van der Waals surface area contributed by atoms with Gasteiger partial charge in [-0.25, -0.2) is 0 Å². The molecule has 15 heavy (non-hydrogen) atoms. The predicted octanol–water partition coefficient (Wildman–Crippen LogP) is -0.0975. The van der Waals surface area contributed by atoms with Crippen LogP contribution in [0.2, 0.25) is 0 Å². The maximum Gasteiger partial charge on any atom is 0.221 e. The second kappa shape index (κ2) is 4.94. The van der Waals surface area contributed by atoms with Crippen molar-refractivity contribution in [3.63, 3.8) is 0 Å². The van der Waals surface area contributed by atoms with E-state index >= 15 is 0 Å². The molecule has 0 atom stereocenters. The molecule has 0 aromatic rings. The van der Waals surface area contributed by atoms with Crippen molar-refractivity contribution in [1.82, 2.24) is 15.1 Å². The normalized spacial score (nSPS) is 24.1. The number of amides is 1. The maximum atomic E-state index is 11.5. The summed E-state index contributed by atoms with van der Waals surface area (Å²) in [7, 11) is 2.15. The Morgan fingerprint density at radius 2 is 1.93 bits per heavy atom. The first-order valence-corrected chi connectivity index (χ1v) is 5.94. The molecule has 1 saturated heterocycles. The second-order valence-corrected chi connectivity index (χ2v) is 4.74. The highest BCUT2D eigenvalue weighted by Crippen LogP contribution is 2.18. The Kier molecular flexibility index (Phi) is 3.59. The van der Waals surface area contributed by atoms with Gasteiger partial charge in [0.05, 0.1) is 0 Å². The van der Waals surface area contributed by atoms with E-state index in [1.165, 1.54) is 12.8 Å². The predicted molar refractivity (Wildman–Crippen MR) is 59.7 cm³/mol. The molecule has 0 aromatic carbocycles. The summed E-state index contributed by atoms with van der Waals surface area (Å²) in [5, 5.41) is 3.03. The number of nitrogens with one attached hydrogen (secondary N) is 1. The minimum Gasteiger partial charge on any atom is -0.353 e. The summed E-state index contributed by atoms with van der Waals surface area (Å²) >= 11 is 0. The number of nitrogens with zero attached hydrogens (tertiary/aromatic N) is 2. The Bertz CT molecular complexity index is 220. The average Bonchev–Trinajstić information content (AvgIpc) is 3.01. The molecule has 1 N–H and O–H groups in total. The third-order valence-corrected chi connectivity index (χ3v) is 3.19. The SMILES string of the molecule is CN1CCN(CCC(=O)NC2CC2)CC1. The Morgan fingerprint density at radius 1 is 1.27 bits per heavy atom. The van der Waals surface area contributed by atoms with Crippen molar-refractivity contribution in [2.45, 2.75) is 25.3 Å². The molecule has 1 aliphatic heterocycles. The van der Waals surface area contributed by atoms with Crippen molar-refractivity contribution in [3.05, 3.63) is 0 Å². The molecule has 86 valence electrons. The molecule has 1 saturated carbocycles. The number of rotatable bonds is 4. The van der Waals surface area contributed by atoms with Crippen LogP contribution < -0.4 is 5.32 Å². The summed E-state index contributed by atoms with van der Waals surface area (Å²) < 4.78 is 0. The smallest absolute Gasteiger partial charge is 0.221 e. The van der Waals surface area contributed by atoms with Crippen molar-refractivity contribution in [3.8, 4) is 0 Å². The van der Waals surface area contributed by atoms with Crippen LogP contribution in [0.1, 0.15) is 19.3 Å². The number of carbonyl (C=O) groups excluding carboxylic acids is 1. The molecule has 1 heterocycles. The topological polar surface area (TPSA) is 35.6 Å². The van der Waals surface area contributed by atoms with Crippen LogP contribution in [0.4, 0.5) is 0 Å². The van der Waals surface area contributed by atoms with Crippen LogP contribution in [0.25, 0.3) is 0 Å². The molecule has 0 aromatic heterocycles. The molecule has 0 radical (unpaired) electrons. The molecule has 4 heteroatoms. The van der Waals surface area contributed by atoms with Gasteiger partial charge in [0.2, 0.25) is 5.91 Å². The van der Waals surface area contributed by atoms with E-state index in [-0.39, 0.29) is 5.91 Å². The molecule has 2 rings (SSSR count). The number of carbonyl (C=O) groups is 1. The maximum absolute atomic E-state index is 11.5. The van der Waals surface area contributed by atoms with Gasteiger partial charge >= 0.3 is 0 Å². The number of likely N-dealkylation sites (N-methyl/N-ethyl adjacent to an activating group) is 1. The van der Waals surface area contributed by atoms with E-state index in [1.54, 1.807) is 0 Å². The van der Waals surface area contributed by atoms with Crippen LogP contribution in [0.5, 0.6) is 0 Å². The van der Waals surface area contributed by atoms with E-state index in [0.717, 1.165) is 32.7 Å². The molecular formula is C11H21N3O. The van der Waals surface area contributed by atoms with Gasteiger partial charge in [0.1, 0.15) is 0 Å². The standard InChI is InChI=1S/C11H21N3O/c1-13-6-8-14(9-7-13)5-4-11(15)12-10-2-3-10/h10H,2-9H2,1H3,(H,12,15). The van der Waals surface area contributed by atoms with Gasteiger partial charge < -0.3 is 15.1 Å². The zero-order valence-electron chi connectivity index (χ0n) is 9.54. The quantitative estimate of drug-likeness (QED) is 0.705. The first kappa shape index (κ1) is 10.9. The van der Waals surface area contributed by atoms with Crippen molar-refractivity contribution in [2.75, 3.05) is 39.8 Å². The van der Waals surface area contributed by atoms with Gasteiger partial charge in [-0.15, -0.1) is 0 Å². The van der Waals surface area contributed by atoms with Gasteiger partial charge in [-0.05, 0) is 19.9 Å². The molecule has 4 nitrogen and oxygen atoms in total. The van der Waals surface area contributed by atoms with E-state index < -0.39 is 0 Å². The van der Waals surface area contributed by atoms with Crippen molar-refractivity contribution in [2.24, 2.45) is 0 Å². The molecule has 0 unspecified atom stereocenters. The minimum absolute atomic E-state index is 0.233. The summed E-state index contributed by atoms with van der Waals surface area (Å²) in [4.78, 5) is 16.2. The molecule has 2 fully saturated rings. The number of hydrogen-bond acceptors (Lipinski definition) is 3. The summed E-state index contributed by atoms with van der Waals surface area (Å²) in [6.45, 7) is 5.39. The highest BCUT2D eigenvalue weighted by molar-refractivity contribution is 5.76. The van der Waals surface area contributed by atoms with E-state index in [4.69, 9.17) is 0 Å². The average molecular weight is 211 g/mol. The van der Waals surface area contributed by atoms with Gasteiger partial charge in [-0.3, -0.25) is 4.79 Å². The fraction of sp³-hybridized carbons (Fsp3) is 0.909. The van der Waals surface area contributed by atoms with E-state index in [9.17, 15) is 4.79 Å². The van der Waals surface area contributed by atoms with Gasteiger partial charge in [-0.1, -0.05) is 0 Å². The third-order valence-electron chi connectivity index (χ3n) is 3.19. The molecule has 1 amide bonds. The van der Waals surface area contributed by atoms with Crippen LogP contribution in [0.15, 0.2) is 0 Å². The Morgan fingerprint density at radius 3 is 2.53 bits per heavy atom. The zero-order valence-corrected chi connectivity index (χ0v) is 9.54. The highest BCUT2D eigenvalue weighted by Gasteiger charge is 2.23. The van der Waals surface area contributed by atoms with Crippen LogP contribution in [-0.4, -0.2) is 61.5 Å². The second-order valence-electron chi connectivity index (χ2n) is 4.74. The van der Waals surface area contributed by atoms with Crippen LogP contribution in [0, 0.1) is 0 Å². The lowest BCUT2D eigenvalue weighted by molar-refractivity contribution is -0.121. The Labute approximate surface area is 91.6 Å². The van der Waals surface area contributed by atoms with Crippen molar-refractivity contribution >= 4 is 5.91 Å². The zero-order chi connectivity index (χ0) is 10.7. The summed E-state index contributed by atoms with van der Waals surface area (Å²) in [5.74, 6) is 0.233. The van der Waals surface area contributed by atoms with E-state index in [2.05, 4.69) is 22.2 Å². The monoisotopic (exact) mass is 211 g/mol. The Balaban J connectivity index is 1.58. The third kappa shape index (κ3) is 3.80. The molecule has 2 aliphatic rings. The van der Waals surface area contributed by atoms with Gasteiger partial charge in [0.15, 0.2) is 0 Å². The lowest BCUT2D eigenvalue weighted by atomic mass is 10.3. The first-order chi connectivity index (χ1) is 7.24. The molecule has 0 spiro atoms. The van der Waals surface area contributed by atoms with Gasteiger partial charge in [-0.2, -0.15) is 0 Å². The summed E-state index contributed by atoms with van der Waals surface area (Å²) in [6, 6.07) is 0.505. The van der Waals surface area contributed by atoms with Crippen LogP contribution >= 0.6 is 0 Å². The lowest BCUT2D eigenvalue weighted by Crippen LogP contribution is -2.45. The van der Waals surface area contributed by atoms with Crippen LogP contribution in [-0.2, 0) is 4.79 Å². The largest absolute Gasteiger partial charge is 0.353 e. The summed E-state index contributed by atoms with van der Waals surface area (Å²) in [6.07, 6.45) is 3.03. The fourth-order valence-corrected chi connectivity index (χ4v) is 1.86. The highest BCUT2D eigenvalue weighted by atomic mass is 16.1. The Hall–Kier alpha value is -0.610. The van der Waals surface area contributed by atoms with E-state index in [1.807, 2.05) is 0 Å². The summed E-state index contributed by atoms with van der Waals surface area (Å²) in [5.41, 5.74) is 0. The number of piperazine rings is 1. The van der Waals surface area contributed by atoms with Crippen molar-refractivity contribution < 1.29 is 4.79 Å². The molecule has 0 bridgehead atoms. The van der Waals surface area contributed by atoms with Crippen LogP contribution in [0.3, 0.4) is 0 Å². The van der Waals surface area contributed by atoms with Crippen molar-refractivity contribution in [1.29, 1.82) is 0 Å². The lowest BCUT2D eigenvalue weighted by Gasteiger charge is -2.32.